The van der Waals surface area contributed by atoms with E-state index in [0.717, 1.165) is 27.9 Å². The predicted octanol–water partition coefficient (Wildman–Crippen LogP) is 4.56. The number of pyridine rings is 1. The lowest BCUT2D eigenvalue weighted by molar-refractivity contribution is 0.573. The summed E-state index contributed by atoms with van der Waals surface area (Å²) >= 11 is 0. The average Bonchev–Trinajstić information content (AvgIpc) is 3.05. The summed E-state index contributed by atoms with van der Waals surface area (Å²) in [5, 5.41) is 1.11. The molecule has 3 nitrogen and oxygen atoms in total. The number of oxazole rings is 1. The molecular weight excluding hydrogens is 260 g/mol. The Kier molecular flexibility index (Phi) is 2.75. The van der Waals surface area contributed by atoms with Gasteiger partial charge in [0.1, 0.15) is 17.7 Å². The molecule has 0 bridgehead atoms. The molecule has 21 heavy (non-hydrogen) atoms. The molecule has 4 aromatic rings. The molecule has 0 aliphatic heterocycles. The van der Waals surface area contributed by atoms with Crippen molar-refractivity contribution in [3.05, 3.63) is 73.0 Å². The smallest absolute Gasteiger partial charge is 0.245 e. The van der Waals surface area contributed by atoms with E-state index in [4.69, 9.17) is 4.42 Å². The molecule has 0 spiro atoms. The number of fused-ring (bicyclic) bond motifs is 1. The van der Waals surface area contributed by atoms with E-state index in [0.29, 0.717) is 5.89 Å². The van der Waals surface area contributed by atoms with Crippen LogP contribution in [0.3, 0.4) is 0 Å². The van der Waals surface area contributed by atoms with Crippen LogP contribution in [0.2, 0.25) is 0 Å². The Hall–Kier alpha value is -2.94. The van der Waals surface area contributed by atoms with Crippen molar-refractivity contribution in [2.45, 2.75) is 0 Å². The van der Waals surface area contributed by atoms with Crippen molar-refractivity contribution >= 4 is 10.9 Å². The Balaban J connectivity index is 1.77. The summed E-state index contributed by atoms with van der Waals surface area (Å²) in [4.78, 5) is 9.12. The first kappa shape index (κ1) is 11.9. The monoisotopic (exact) mass is 272 g/mol. The van der Waals surface area contributed by atoms with Gasteiger partial charge < -0.3 is 4.42 Å². The zero-order chi connectivity index (χ0) is 14.1. The van der Waals surface area contributed by atoms with Crippen LogP contribution in [0.5, 0.6) is 0 Å². The van der Waals surface area contributed by atoms with Crippen molar-refractivity contribution in [3.8, 4) is 22.8 Å². The summed E-state index contributed by atoms with van der Waals surface area (Å²) in [7, 11) is 0. The lowest BCUT2D eigenvalue weighted by atomic mass is 10.2. The molecule has 100 valence electrons. The Morgan fingerprint density at radius 1 is 0.667 bits per heavy atom. The molecule has 0 amide bonds. The van der Waals surface area contributed by atoms with Gasteiger partial charge in [0.15, 0.2) is 0 Å². The third-order valence-electron chi connectivity index (χ3n) is 3.39. The number of aromatic nitrogens is 2. The molecule has 0 unspecified atom stereocenters. The van der Waals surface area contributed by atoms with E-state index in [1.807, 2.05) is 66.7 Å². The fraction of sp³-hybridized carbons (Fsp3) is 0. The predicted molar refractivity (Wildman–Crippen MR) is 82.7 cm³/mol. The average molecular weight is 272 g/mol. The molecule has 0 atom stereocenters. The number of rotatable bonds is 2. The Labute approximate surface area is 121 Å². The number of benzene rings is 2. The van der Waals surface area contributed by atoms with Gasteiger partial charge in [-0.3, -0.25) is 0 Å². The summed E-state index contributed by atoms with van der Waals surface area (Å²) in [6, 6.07) is 21.9. The van der Waals surface area contributed by atoms with Crippen LogP contribution in [0.15, 0.2) is 77.4 Å². The van der Waals surface area contributed by atoms with Gasteiger partial charge in [-0.2, -0.15) is 0 Å². The van der Waals surface area contributed by atoms with Crippen LogP contribution in [0, 0.1) is 0 Å². The number of nitrogens with zero attached hydrogens (tertiary/aromatic N) is 2. The topological polar surface area (TPSA) is 38.9 Å². The van der Waals surface area contributed by atoms with Gasteiger partial charge in [-0.25, -0.2) is 9.97 Å². The second kappa shape index (κ2) is 4.87. The van der Waals surface area contributed by atoms with Crippen molar-refractivity contribution in [2.24, 2.45) is 0 Å². The van der Waals surface area contributed by atoms with Crippen LogP contribution < -0.4 is 0 Å². The summed E-state index contributed by atoms with van der Waals surface area (Å²) < 4.78 is 5.58. The molecule has 0 fully saturated rings. The van der Waals surface area contributed by atoms with Gasteiger partial charge in [-0.15, -0.1) is 0 Å². The molecule has 2 heterocycles. The number of para-hydroxylation sites is 1. The van der Waals surface area contributed by atoms with E-state index < -0.39 is 0 Å². The fourth-order valence-corrected chi connectivity index (χ4v) is 2.32. The maximum Gasteiger partial charge on any atom is 0.245 e. The van der Waals surface area contributed by atoms with Gasteiger partial charge >= 0.3 is 0 Å². The lowest BCUT2D eigenvalue weighted by Gasteiger charge is -1.98. The lowest BCUT2D eigenvalue weighted by Crippen LogP contribution is -1.85. The fourth-order valence-electron chi connectivity index (χ4n) is 2.32. The molecule has 2 aromatic heterocycles. The van der Waals surface area contributed by atoms with E-state index in [1.54, 1.807) is 6.26 Å². The molecule has 2 aromatic carbocycles. The molecule has 3 heteroatoms. The largest absolute Gasteiger partial charge is 0.443 e. The van der Waals surface area contributed by atoms with Crippen molar-refractivity contribution in [3.63, 3.8) is 0 Å². The highest BCUT2D eigenvalue weighted by molar-refractivity contribution is 5.80. The highest BCUT2D eigenvalue weighted by Gasteiger charge is 2.09. The second-order valence-electron chi connectivity index (χ2n) is 4.79. The van der Waals surface area contributed by atoms with Gasteiger partial charge in [0.25, 0.3) is 0 Å². The van der Waals surface area contributed by atoms with Gasteiger partial charge in [-0.05, 0) is 12.1 Å². The summed E-state index contributed by atoms with van der Waals surface area (Å²) in [6.45, 7) is 0. The van der Waals surface area contributed by atoms with Gasteiger partial charge in [-0.1, -0.05) is 54.6 Å². The first-order chi connectivity index (χ1) is 10.4. The van der Waals surface area contributed by atoms with Gasteiger partial charge in [0.2, 0.25) is 5.89 Å². The SMILES string of the molecule is c1ccc(-c2coc(-c3ccc4ccccc4n3)n2)cc1. The zero-order valence-corrected chi connectivity index (χ0v) is 11.2. The molecule has 0 radical (unpaired) electrons. The van der Waals surface area contributed by atoms with Crippen molar-refractivity contribution in [2.75, 3.05) is 0 Å². The molecule has 0 aliphatic carbocycles. The minimum Gasteiger partial charge on any atom is -0.443 e. The molecular formula is C18H12N2O. The molecule has 0 aliphatic rings. The molecule has 0 saturated heterocycles. The Morgan fingerprint density at radius 3 is 2.38 bits per heavy atom. The summed E-state index contributed by atoms with van der Waals surface area (Å²) in [5.74, 6) is 0.541. The summed E-state index contributed by atoms with van der Waals surface area (Å²) in [6.07, 6.45) is 1.67. The standard InChI is InChI=1S/C18H12N2O/c1-2-6-13(7-3-1)17-12-21-18(20-17)16-11-10-14-8-4-5-9-15(14)19-16/h1-12H. The van der Waals surface area contributed by atoms with Gasteiger partial charge in [0.05, 0.1) is 5.52 Å². The van der Waals surface area contributed by atoms with Crippen LogP contribution in [-0.2, 0) is 0 Å². The Morgan fingerprint density at radius 2 is 1.48 bits per heavy atom. The molecule has 4 rings (SSSR count). The third kappa shape index (κ3) is 2.19. The minimum absolute atomic E-state index is 0.541. The normalized spacial score (nSPS) is 10.9. The van der Waals surface area contributed by atoms with E-state index >= 15 is 0 Å². The number of hydrogen-bond acceptors (Lipinski definition) is 3. The minimum atomic E-state index is 0.541. The van der Waals surface area contributed by atoms with E-state index in [-0.39, 0.29) is 0 Å². The second-order valence-corrected chi connectivity index (χ2v) is 4.79. The number of hydrogen-bond donors (Lipinski definition) is 0. The van der Waals surface area contributed by atoms with E-state index in [9.17, 15) is 0 Å². The molecule has 0 saturated carbocycles. The maximum absolute atomic E-state index is 5.58. The van der Waals surface area contributed by atoms with Crippen molar-refractivity contribution in [1.29, 1.82) is 0 Å². The zero-order valence-electron chi connectivity index (χ0n) is 11.2. The van der Waals surface area contributed by atoms with E-state index in [2.05, 4.69) is 9.97 Å². The van der Waals surface area contributed by atoms with Crippen LogP contribution in [0.4, 0.5) is 0 Å². The van der Waals surface area contributed by atoms with Crippen LogP contribution in [-0.4, -0.2) is 9.97 Å². The van der Waals surface area contributed by atoms with Crippen LogP contribution >= 0.6 is 0 Å². The third-order valence-corrected chi connectivity index (χ3v) is 3.39. The summed E-state index contributed by atoms with van der Waals surface area (Å²) in [5.41, 5.74) is 3.54. The van der Waals surface area contributed by atoms with Crippen LogP contribution in [0.25, 0.3) is 33.7 Å². The van der Waals surface area contributed by atoms with Gasteiger partial charge in [0, 0.05) is 10.9 Å². The highest BCUT2D eigenvalue weighted by Crippen LogP contribution is 2.24. The maximum atomic E-state index is 5.58. The first-order valence-corrected chi connectivity index (χ1v) is 6.77. The van der Waals surface area contributed by atoms with Crippen molar-refractivity contribution < 1.29 is 4.42 Å². The quantitative estimate of drug-likeness (QED) is 0.537. The highest BCUT2D eigenvalue weighted by atomic mass is 16.3. The van der Waals surface area contributed by atoms with Crippen LogP contribution in [0.1, 0.15) is 0 Å². The van der Waals surface area contributed by atoms with E-state index in [1.165, 1.54) is 0 Å². The molecule has 0 N–H and O–H groups in total. The Bertz CT molecular complexity index is 897. The first-order valence-electron chi connectivity index (χ1n) is 6.77. The van der Waals surface area contributed by atoms with Crippen molar-refractivity contribution in [1.82, 2.24) is 9.97 Å².